The van der Waals surface area contributed by atoms with Crippen LogP contribution in [0.25, 0.3) is 0 Å². The molecule has 2 amide bonds. The van der Waals surface area contributed by atoms with E-state index in [1.165, 1.54) is 12.1 Å². The summed E-state index contributed by atoms with van der Waals surface area (Å²) in [6.45, 7) is 2.48. The molecule has 1 saturated carbocycles. The lowest BCUT2D eigenvalue weighted by atomic mass is 10.1. The van der Waals surface area contributed by atoms with Crippen molar-refractivity contribution >= 4 is 69.6 Å². The lowest BCUT2D eigenvalue weighted by Crippen LogP contribution is -2.41. The molecule has 0 radical (unpaired) electrons. The summed E-state index contributed by atoms with van der Waals surface area (Å²) in [4.78, 5) is 27.1. The van der Waals surface area contributed by atoms with E-state index in [4.69, 9.17) is 51.1 Å². The van der Waals surface area contributed by atoms with Crippen LogP contribution in [0.3, 0.4) is 0 Å². The van der Waals surface area contributed by atoms with Crippen LogP contribution >= 0.6 is 46.4 Å². The highest BCUT2D eigenvalue weighted by Crippen LogP contribution is 2.65. The highest BCUT2D eigenvalue weighted by molar-refractivity contribution is 6.53. The Kier molecular flexibility index (Phi) is 7.38. The van der Waals surface area contributed by atoms with Crippen molar-refractivity contribution in [3.63, 3.8) is 0 Å². The van der Waals surface area contributed by atoms with E-state index in [2.05, 4.69) is 10.6 Å². The summed E-state index contributed by atoms with van der Waals surface area (Å²) < 4.78 is 18.2. The molecule has 2 aliphatic rings. The summed E-state index contributed by atoms with van der Waals surface area (Å²) in [5.74, 6) is -2.70. The first-order chi connectivity index (χ1) is 15.6. The van der Waals surface area contributed by atoms with Crippen molar-refractivity contribution < 1.29 is 18.7 Å². The maximum atomic E-state index is 14.3. The topological polar surface area (TPSA) is 70.7 Å². The van der Waals surface area contributed by atoms with Gasteiger partial charge in [0.25, 0.3) is 0 Å². The Bertz CT molecular complexity index is 1060. The highest BCUT2D eigenvalue weighted by atomic mass is 35.5. The smallest absolute Gasteiger partial charge is 0.238 e. The first-order valence-electron chi connectivity index (χ1n) is 10.2. The van der Waals surface area contributed by atoms with E-state index in [1.807, 2.05) is 4.90 Å². The number of nitrogens with zero attached hydrogens (tertiary/aromatic N) is 1. The minimum atomic E-state index is -1.34. The number of hydrogen-bond acceptors (Lipinski definition) is 4. The van der Waals surface area contributed by atoms with E-state index < -0.39 is 27.9 Å². The predicted octanol–water partition coefficient (Wildman–Crippen LogP) is 4.93. The first kappa shape index (κ1) is 24.5. The molecule has 176 valence electrons. The molecular weight excluding hydrogens is 515 g/mol. The molecule has 33 heavy (non-hydrogen) atoms. The SMILES string of the molecule is O=C(CN1CCOCC1)Nc1cc(NC(=O)C2C(c3cc(Cl)cc(Cl)c3)C2(Cl)Cl)ccc1F. The van der Waals surface area contributed by atoms with Gasteiger partial charge in [-0.3, -0.25) is 14.5 Å². The number of benzene rings is 2. The maximum absolute atomic E-state index is 14.3. The second-order valence-corrected chi connectivity index (χ2v) is 10.3. The zero-order valence-electron chi connectivity index (χ0n) is 17.2. The third-order valence-corrected chi connectivity index (χ3v) is 6.94. The van der Waals surface area contributed by atoms with Crippen LogP contribution in [0.2, 0.25) is 10.0 Å². The molecule has 0 aromatic heterocycles. The van der Waals surface area contributed by atoms with Crippen LogP contribution in [0.1, 0.15) is 11.5 Å². The van der Waals surface area contributed by atoms with Gasteiger partial charge in [-0.1, -0.05) is 23.2 Å². The zero-order chi connectivity index (χ0) is 23.8. The van der Waals surface area contributed by atoms with Crippen LogP contribution in [0.5, 0.6) is 0 Å². The average molecular weight is 535 g/mol. The van der Waals surface area contributed by atoms with Crippen molar-refractivity contribution in [2.75, 3.05) is 43.5 Å². The van der Waals surface area contributed by atoms with E-state index in [0.29, 0.717) is 47.6 Å². The quantitative estimate of drug-likeness (QED) is 0.515. The molecule has 1 aliphatic heterocycles. The number of anilines is 2. The van der Waals surface area contributed by atoms with Gasteiger partial charge in [0.05, 0.1) is 31.4 Å². The van der Waals surface area contributed by atoms with Gasteiger partial charge in [0, 0.05) is 34.7 Å². The number of carbonyl (C=O) groups excluding carboxylic acids is 2. The Labute approximate surface area is 210 Å². The van der Waals surface area contributed by atoms with Crippen molar-refractivity contribution in [2.24, 2.45) is 5.92 Å². The van der Waals surface area contributed by atoms with Crippen LogP contribution in [-0.2, 0) is 14.3 Å². The average Bonchev–Trinajstić information content (AvgIpc) is 3.32. The fourth-order valence-electron chi connectivity index (χ4n) is 3.89. The molecule has 2 aromatic carbocycles. The zero-order valence-corrected chi connectivity index (χ0v) is 20.2. The van der Waals surface area contributed by atoms with Gasteiger partial charge >= 0.3 is 0 Å². The van der Waals surface area contributed by atoms with Crippen molar-refractivity contribution in [1.82, 2.24) is 4.90 Å². The van der Waals surface area contributed by atoms with E-state index in [0.717, 1.165) is 6.07 Å². The summed E-state index contributed by atoms with van der Waals surface area (Å²) in [6.07, 6.45) is 0. The molecule has 2 aromatic rings. The summed E-state index contributed by atoms with van der Waals surface area (Å²) >= 11 is 24.9. The van der Waals surface area contributed by atoms with E-state index in [1.54, 1.807) is 18.2 Å². The molecule has 1 saturated heterocycles. The molecule has 2 fully saturated rings. The minimum absolute atomic E-state index is 0.0389. The van der Waals surface area contributed by atoms with Gasteiger partial charge in [-0.05, 0) is 42.0 Å². The van der Waals surface area contributed by atoms with Gasteiger partial charge < -0.3 is 15.4 Å². The monoisotopic (exact) mass is 533 g/mol. The molecule has 0 spiro atoms. The molecule has 11 heteroatoms. The van der Waals surface area contributed by atoms with Gasteiger partial charge in [0.1, 0.15) is 10.2 Å². The predicted molar refractivity (Wildman–Crippen MR) is 128 cm³/mol. The third kappa shape index (κ3) is 5.73. The molecule has 6 nitrogen and oxygen atoms in total. The van der Waals surface area contributed by atoms with Crippen molar-refractivity contribution in [3.05, 3.63) is 57.8 Å². The van der Waals surface area contributed by atoms with Crippen LogP contribution in [0, 0.1) is 11.7 Å². The number of carbonyl (C=O) groups is 2. The largest absolute Gasteiger partial charge is 0.379 e. The Hall–Kier alpha value is -1.61. The van der Waals surface area contributed by atoms with Gasteiger partial charge in [-0.25, -0.2) is 4.39 Å². The second kappa shape index (κ2) is 9.94. The number of rotatable bonds is 6. The molecule has 0 bridgehead atoms. The molecule has 4 rings (SSSR count). The molecular formula is C22H20Cl4FN3O3. The molecule has 2 unspecified atom stereocenters. The molecule has 1 heterocycles. The van der Waals surface area contributed by atoms with Gasteiger partial charge in [-0.2, -0.15) is 0 Å². The lowest BCUT2D eigenvalue weighted by molar-refractivity contribution is -0.118. The van der Waals surface area contributed by atoms with Crippen LogP contribution < -0.4 is 10.6 Å². The molecule has 2 N–H and O–H groups in total. The molecule has 1 aliphatic carbocycles. The number of halogens is 5. The summed E-state index contributed by atoms with van der Waals surface area (Å²) in [5, 5.41) is 6.05. The van der Waals surface area contributed by atoms with Crippen molar-refractivity contribution in [3.8, 4) is 0 Å². The van der Waals surface area contributed by atoms with Crippen LogP contribution in [0.4, 0.5) is 15.8 Å². The second-order valence-electron chi connectivity index (χ2n) is 7.95. The number of ether oxygens (including phenoxy) is 1. The van der Waals surface area contributed by atoms with Crippen molar-refractivity contribution in [2.45, 2.75) is 10.3 Å². The Morgan fingerprint density at radius 2 is 1.73 bits per heavy atom. The normalized spacial score (nSPS) is 22.0. The minimum Gasteiger partial charge on any atom is -0.379 e. The van der Waals surface area contributed by atoms with Gasteiger partial charge in [-0.15, -0.1) is 23.2 Å². The van der Waals surface area contributed by atoms with E-state index in [-0.39, 0.29) is 18.1 Å². The summed E-state index contributed by atoms with van der Waals surface area (Å²) in [7, 11) is 0. The fourth-order valence-corrected chi connectivity index (χ4v) is 5.26. The third-order valence-electron chi connectivity index (χ3n) is 5.56. The standard InChI is InChI=1S/C22H20Cl4FN3O3/c23-13-7-12(8-14(24)9-13)19-20(22(19,25)26)21(32)28-15-1-2-16(27)17(10-15)29-18(31)11-30-3-5-33-6-4-30/h1-2,7-10,19-20H,3-6,11H2,(H,28,32)(H,29,31). The van der Waals surface area contributed by atoms with E-state index >= 15 is 0 Å². The van der Waals surface area contributed by atoms with E-state index in [9.17, 15) is 14.0 Å². The highest BCUT2D eigenvalue weighted by Gasteiger charge is 2.67. The lowest BCUT2D eigenvalue weighted by Gasteiger charge is -2.25. The fraction of sp³-hybridized carbons (Fsp3) is 0.364. The van der Waals surface area contributed by atoms with Crippen LogP contribution in [-0.4, -0.2) is 53.9 Å². The summed E-state index contributed by atoms with van der Waals surface area (Å²) in [5.41, 5.74) is 0.901. The maximum Gasteiger partial charge on any atom is 0.238 e. The van der Waals surface area contributed by atoms with Gasteiger partial charge in [0.15, 0.2) is 0 Å². The Morgan fingerprint density at radius 1 is 1.06 bits per heavy atom. The first-order valence-corrected chi connectivity index (χ1v) is 11.7. The molecule has 2 atom stereocenters. The summed E-state index contributed by atoms with van der Waals surface area (Å²) in [6, 6.07) is 8.79. The Balaban J connectivity index is 1.42. The number of hydrogen-bond donors (Lipinski definition) is 2. The Morgan fingerprint density at radius 3 is 2.39 bits per heavy atom. The number of nitrogens with one attached hydrogen (secondary N) is 2. The van der Waals surface area contributed by atoms with Crippen LogP contribution in [0.15, 0.2) is 36.4 Å². The van der Waals surface area contributed by atoms with Gasteiger partial charge in [0.2, 0.25) is 11.8 Å². The number of morpholine rings is 1. The number of alkyl halides is 2. The van der Waals surface area contributed by atoms with Crippen molar-refractivity contribution in [1.29, 1.82) is 0 Å². The number of amides is 2.